The molecule has 4 aliphatic rings. The first kappa shape index (κ1) is 33.4. The van der Waals surface area contributed by atoms with Crippen molar-refractivity contribution in [2.24, 2.45) is 10.9 Å². The van der Waals surface area contributed by atoms with Crippen LogP contribution in [0.25, 0.3) is 33.2 Å². The number of nitrogens with zero attached hydrogens (tertiary/aromatic N) is 3. The number of H-pyrrole nitrogens is 1. The van der Waals surface area contributed by atoms with Crippen LogP contribution in [0.4, 0.5) is 10.5 Å². The Bertz CT molecular complexity index is 2020. The molecule has 0 bridgehead atoms. The summed E-state index contributed by atoms with van der Waals surface area (Å²) < 4.78 is 22.1. The van der Waals surface area contributed by atoms with Crippen LogP contribution in [0.1, 0.15) is 61.9 Å². The van der Waals surface area contributed by atoms with Gasteiger partial charge in [0.15, 0.2) is 0 Å². The monoisotopic (exact) mass is 691 g/mol. The molecule has 51 heavy (non-hydrogen) atoms. The van der Waals surface area contributed by atoms with Crippen LogP contribution < -0.4 is 10.1 Å². The first-order chi connectivity index (χ1) is 24.8. The number of likely N-dealkylation sites (tertiary alicyclic amines) is 1. The fourth-order valence-corrected chi connectivity index (χ4v) is 8.55. The maximum Gasteiger partial charge on any atom is 0.407 e. The molecule has 8 rings (SSSR count). The summed E-state index contributed by atoms with van der Waals surface area (Å²) in [6, 6.07) is 14.2. The van der Waals surface area contributed by atoms with Crippen LogP contribution in [-0.2, 0) is 32.0 Å². The predicted octanol–water partition coefficient (Wildman–Crippen LogP) is 6.70. The Hall–Kier alpha value is -4.74. The summed E-state index contributed by atoms with van der Waals surface area (Å²) in [6.07, 6.45) is 6.53. The van der Waals surface area contributed by atoms with Gasteiger partial charge in [0.25, 0.3) is 0 Å². The summed E-state index contributed by atoms with van der Waals surface area (Å²) >= 11 is 0. The normalized spacial score (nSPS) is 21.8. The number of amides is 2. The molecular weight excluding hydrogens is 646 g/mol. The Labute approximate surface area is 297 Å². The number of benzene rings is 3. The van der Waals surface area contributed by atoms with Gasteiger partial charge in [-0.1, -0.05) is 18.2 Å². The maximum absolute atomic E-state index is 13.8. The van der Waals surface area contributed by atoms with Gasteiger partial charge < -0.3 is 34.1 Å². The van der Waals surface area contributed by atoms with Crippen LogP contribution in [-0.4, -0.2) is 85.2 Å². The average molecular weight is 692 g/mol. The Kier molecular flexibility index (Phi) is 9.02. The third-order valence-electron chi connectivity index (χ3n) is 11.3. The molecule has 1 aromatic heterocycles. The van der Waals surface area contributed by atoms with E-state index in [1.165, 1.54) is 26.2 Å². The van der Waals surface area contributed by atoms with Gasteiger partial charge in [0, 0.05) is 51.0 Å². The Morgan fingerprint density at radius 2 is 1.96 bits per heavy atom. The minimum absolute atomic E-state index is 0.155. The first-order valence-corrected chi connectivity index (χ1v) is 18.0. The van der Waals surface area contributed by atoms with Crippen LogP contribution in [0.2, 0.25) is 0 Å². The molecule has 2 amide bonds. The van der Waals surface area contributed by atoms with Gasteiger partial charge in [-0.3, -0.25) is 9.79 Å². The zero-order valence-electron chi connectivity index (χ0n) is 29.7. The topological polar surface area (TPSA) is 127 Å². The van der Waals surface area contributed by atoms with Crippen molar-refractivity contribution < 1.29 is 28.5 Å². The van der Waals surface area contributed by atoms with Gasteiger partial charge in [-0.15, -0.1) is 0 Å². The minimum Gasteiger partial charge on any atom is -0.488 e. The molecule has 0 unspecified atom stereocenters. The molecule has 2 fully saturated rings. The quantitative estimate of drug-likeness (QED) is 0.200. The Morgan fingerprint density at radius 1 is 1.08 bits per heavy atom. The lowest BCUT2D eigenvalue weighted by Crippen LogP contribution is -2.56. The van der Waals surface area contributed by atoms with E-state index in [4.69, 9.17) is 28.9 Å². The number of nitrogens with one attached hydrogen (secondary N) is 2. The summed E-state index contributed by atoms with van der Waals surface area (Å²) in [4.78, 5) is 41.2. The van der Waals surface area contributed by atoms with E-state index in [9.17, 15) is 9.59 Å². The van der Waals surface area contributed by atoms with Crippen LogP contribution >= 0.6 is 0 Å². The molecular formula is C40H45N5O6. The summed E-state index contributed by atoms with van der Waals surface area (Å²) in [6.45, 7) is 3.66. The lowest BCUT2D eigenvalue weighted by atomic mass is 9.90. The molecule has 11 nitrogen and oxygen atoms in total. The lowest BCUT2D eigenvalue weighted by molar-refractivity contribution is -0.136. The Balaban J connectivity index is 1.02. The number of carbonyl (C=O) groups excluding carboxylic acids is 2. The summed E-state index contributed by atoms with van der Waals surface area (Å²) in [5.41, 5.74) is 8.59. The van der Waals surface area contributed by atoms with E-state index in [1.807, 2.05) is 11.1 Å². The van der Waals surface area contributed by atoms with E-state index in [0.29, 0.717) is 31.4 Å². The van der Waals surface area contributed by atoms with E-state index in [-0.39, 0.29) is 11.9 Å². The molecule has 266 valence electrons. The van der Waals surface area contributed by atoms with Gasteiger partial charge in [-0.05, 0) is 102 Å². The third-order valence-corrected chi connectivity index (χ3v) is 11.3. The van der Waals surface area contributed by atoms with E-state index >= 15 is 0 Å². The average Bonchev–Trinajstić information content (AvgIpc) is 3.98. The minimum atomic E-state index is -0.862. The number of methoxy groups -OCH3 is 3. The fraction of sp³-hybridized carbons (Fsp3) is 0.450. The summed E-state index contributed by atoms with van der Waals surface area (Å²) in [5.74, 6) is 2.80. The maximum atomic E-state index is 13.8. The second-order valence-corrected chi connectivity index (χ2v) is 14.3. The number of hydrogen-bond acceptors (Lipinski definition) is 8. The first-order valence-electron chi connectivity index (χ1n) is 18.0. The molecule has 4 aromatic rings. The van der Waals surface area contributed by atoms with Crippen molar-refractivity contribution in [3.63, 3.8) is 0 Å². The number of fused-ring (bicyclic) bond motifs is 6. The number of imidazole rings is 1. The highest BCUT2D eigenvalue weighted by molar-refractivity contribution is 6.06. The SMILES string of the molecule is COC[C@@H]1CC[C@H](c2ncc(-c3ccc4c(c3)COc3cc5c6c(ccc5cc3-4)N=C([C@@H]3CCCN3C(=O)[C@@H](NC(=O)OC)[C@@H](C)OC)C6)[nH]2)C1. The van der Waals surface area contributed by atoms with Crippen molar-refractivity contribution in [3.05, 3.63) is 65.6 Å². The lowest BCUT2D eigenvalue weighted by Gasteiger charge is -2.31. The fourth-order valence-electron chi connectivity index (χ4n) is 8.55. The number of alkyl carbamates (subject to hydrolysis) is 1. The van der Waals surface area contributed by atoms with Gasteiger partial charge in [-0.25, -0.2) is 9.78 Å². The molecule has 11 heteroatoms. The van der Waals surface area contributed by atoms with Gasteiger partial charge in [0.05, 0.1) is 36.8 Å². The molecule has 0 radical (unpaired) electrons. The highest BCUT2D eigenvalue weighted by Gasteiger charge is 2.40. The third kappa shape index (κ3) is 6.16. The van der Waals surface area contributed by atoms with Crippen molar-refractivity contribution in [1.82, 2.24) is 20.2 Å². The molecule has 3 aromatic carbocycles. The van der Waals surface area contributed by atoms with E-state index < -0.39 is 18.2 Å². The molecule has 1 saturated carbocycles. The van der Waals surface area contributed by atoms with Crippen molar-refractivity contribution in [3.8, 4) is 28.1 Å². The zero-order valence-corrected chi connectivity index (χ0v) is 29.7. The highest BCUT2D eigenvalue weighted by Crippen LogP contribution is 2.45. The van der Waals surface area contributed by atoms with Gasteiger partial charge in [0.2, 0.25) is 5.91 Å². The van der Waals surface area contributed by atoms with Gasteiger partial charge >= 0.3 is 6.09 Å². The van der Waals surface area contributed by atoms with Crippen molar-refractivity contribution in [2.75, 3.05) is 34.5 Å². The van der Waals surface area contributed by atoms with Gasteiger partial charge in [0.1, 0.15) is 24.2 Å². The van der Waals surface area contributed by atoms with Crippen molar-refractivity contribution in [2.45, 2.75) is 76.2 Å². The number of hydrogen-bond donors (Lipinski definition) is 2. The largest absolute Gasteiger partial charge is 0.488 e. The summed E-state index contributed by atoms with van der Waals surface area (Å²) in [5, 5.41) is 4.91. The second kappa shape index (κ2) is 13.8. The standard InChI is InChI=1S/C40H45N5O6/c1-22(49-3)37(44-40(47)50-4)39(46)45-13-5-6-35(45)33-17-30-29-18-36-31(16-24(29)10-12-32(30)42-33)28-11-9-25(15-27(28)21-51-36)34-19-41-38(43-34)26-8-7-23(14-26)20-48-2/h9-12,15-16,18-19,22-23,26,35,37H,5-8,13-14,17,20-21H2,1-4H3,(H,41,43)(H,44,47)/t22-,23-,26+,35+,37+/m1/s1. The van der Waals surface area contributed by atoms with Crippen LogP contribution in [0, 0.1) is 5.92 Å². The van der Waals surface area contributed by atoms with E-state index in [2.05, 4.69) is 52.8 Å². The van der Waals surface area contributed by atoms with Gasteiger partial charge in [-0.2, -0.15) is 0 Å². The number of aromatic amines is 1. The number of ether oxygens (including phenoxy) is 4. The molecule has 1 aliphatic carbocycles. The molecule has 5 atom stereocenters. The number of rotatable bonds is 9. The molecule has 4 heterocycles. The number of carbonyl (C=O) groups is 2. The second-order valence-electron chi connectivity index (χ2n) is 14.3. The molecule has 2 N–H and O–H groups in total. The smallest absolute Gasteiger partial charge is 0.407 e. The number of aromatic nitrogens is 2. The predicted molar refractivity (Wildman–Crippen MR) is 195 cm³/mol. The summed E-state index contributed by atoms with van der Waals surface area (Å²) in [7, 11) is 4.59. The van der Waals surface area contributed by atoms with Crippen molar-refractivity contribution in [1.29, 1.82) is 0 Å². The number of aliphatic imine (C=N–C) groups is 1. The molecule has 1 saturated heterocycles. The highest BCUT2D eigenvalue weighted by atomic mass is 16.5. The van der Waals surface area contributed by atoms with Crippen LogP contribution in [0.3, 0.4) is 0 Å². The van der Waals surface area contributed by atoms with E-state index in [0.717, 1.165) is 94.0 Å². The Morgan fingerprint density at radius 3 is 2.78 bits per heavy atom. The molecule has 0 spiro atoms. The zero-order chi connectivity index (χ0) is 35.2. The molecule has 3 aliphatic heterocycles. The van der Waals surface area contributed by atoms with E-state index in [1.54, 1.807) is 14.0 Å². The van der Waals surface area contributed by atoms with Crippen molar-refractivity contribution >= 4 is 34.2 Å². The van der Waals surface area contributed by atoms with Crippen LogP contribution in [0.15, 0.2) is 53.7 Å². The van der Waals surface area contributed by atoms with Crippen LogP contribution in [0.5, 0.6) is 5.75 Å².